The first-order valence-electron chi connectivity index (χ1n) is 6.29. The van der Waals surface area contributed by atoms with Crippen LogP contribution in [0.5, 0.6) is 0 Å². The van der Waals surface area contributed by atoms with Crippen LogP contribution >= 0.6 is 11.3 Å². The molecular formula is C16H15NS. The van der Waals surface area contributed by atoms with Gasteiger partial charge in [0, 0.05) is 16.5 Å². The van der Waals surface area contributed by atoms with E-state index in [1.165, 1.54) is 22.2 Å². The van der Waals surface area contributed by atoms with E-state index in [4.69, 9.17) is 0 Å². The Labute approximate surface area is 111 Å². The number of fused-ring (bicyclic) bond motifs is 1. The molecule has 0 bridgehead atoms. The molecule has 90 valence electrons. The fourth-order valence-corrected chi connectivity index (χ4v) is 3.20. The van der Waals surface area contributed by atoms with Crippen LogP contribution in [0.25, 0.3) is 10.2 Å². The Hall–Kier alpha value is -1.67. The average Bonchev–Trinajstić information content (AvgIpc) is 2.82. The van der Waals surface area contributed by atoms with E-state index in [0.717, 1.165) is 17.7 Å². The number of hydrogen-bond acceptors (Lipinski definition) is 2. The minimum Gasteiger partial charge on any atom is -0.245 e. The standard InChI is InChI=1S/C16H15NS/c1-2-6-13(7-3-1)8-4-10-15-12-14-9-5-11-17-16(14)18-15/h1-3,5-7,9,11-12H,4,8,10H2. The Morgan fingerprint density at radius 3 is 2.67 bits per heavy atom. The van der Waals surface area contributed by atoms with Crippen LogP contribution in [0, 0.1) is 0 Å². The largest absolute Gasteiger partial charge is 0.245 e. The molecule has 3 aromatic rings. The lowest BCUT2D eigenvalue weighted by Gasteiger charge is -1.99. The van der Waals surface area contributed by atoms with Crippen LogP contribution in [0.3, 0.4) is 0 Å². The molecule has 0 saturated heterocycles. The predicted molar refractivity (Wildman–Crippen MR) is 78.1 cm³/mol. The SMILES string of the molecule is c1ccc(CCCc2cc3cccnc3s2)cc1. The van der Waals surface area contributed by atoms with Gasteiger partial charge in [-0.25, -0.2) is 4.98 Å². The second-order valence-corrected chi connectivity index (χ2v) is 5.56. The Morgan fingerprint density at radius 1 is 0.944 bits per heavy atom. The van der Waals surface area contributed by atoms with Crippen molar-refractivity contribution in [3.8, 4) is 0 Å². The molecule has 3 rings (SSSR count). The molecule has 2 heteroatoms. The van der Waals surface area contributed by atoms with Gasteiger partial charge in [-0.1, -0.05) is 36.4 Å². The number of aromatic nitrogens is 1. The molecule has 0 N–H and O–H groups in total. The van der Waals surface area contributed by atoms with Crippen LogP contribution in [-0.2, 0) is 12.8 Å². The molecule has 0 spiro atoms. The minimum absolute atomic E-state index is 1.15. The summed E-state index contributed by atoms with van der Waals surface area (Å²) >= 11 is 1.82. The van der Waals surface area contributed by atoms with Crippen molar-refractivity contribution in [3.05, 3.63) is 65.2 Å². The fourth-order valence-electron chi connectivity index (χ4n) is 2.16. The summed E-state index contributed by atoms with van der Waals surface area (Å²) in [5.41, 5.74) is 1.43. The molecule has 0 unspecified atom stereocenters. The van der Waals surface area contributed by atoms with Crippen molar-refractivity contribution >= 4 is 21.6 Å². The Balaban J connectivity index is 1.63. The van der Waals surface area contributed by atoms with Gasteiger partial charge in [-0.3, -0.25) is 0 Å². The quantitative estimate of drug-likeness (QED) is 0.668. The first kappa shape index (κ1) is 11.4. The average molecular weight is 253 g/mol. The van der Waals surface area contributed by atoms with E-state index in [2.05, 4.69) is 47.4 Å². The monoisotopic (exact) mass is 253 g/mol. The fraction of sp³-hybridized carbons (Fsp3) is 0.188. The highest BCUT2D eigenvalue weighted by Gasteiger charge is 2.02. The van der Waals surface area contributed by atoms with Crippen molar-refractivity contribution in [2.24, 2.45) is 0 Å². The lowest BCUT2D eigenvalue weighted by Crippen LogP contribution is -1.87. The van der Waals surface area contributed by atoms with Crippen LogP contribution in [0.15, 0.2) is 54.7 Å². The Morgan fingerprint density at radius 2 is 1.83 bits per heavy atom. The van der Waals surface area contributed by atoms with Gasteiger partial charge in [-0.2, -0.15) is 0 Å². The van der Waals surface area contributed by atoms with E-state index in [-0.39, 0.29) is 0 Å². The molecule has 2 heterocycles. The van der Waals surface area contributed by atoms with Crippen LogP contribution in [-0.4, -0.2) is 4.98 Å². The zero-order valence-corrected chi connectivity index (χ0v) is 11.0. The third kappa shape index (κ3) is 2.59. The van der Waals surface area contributed by atoms with Crippen molar-refractivity contribution in [2.75, 3.05) is 0 Å². The highest BCUT2D eigenvalue weighted by atomic mass is 32.1. The Bertz CT molecular complexity index is 595. The molecule has 0 amide bonds. The summed E-state index contributed by atoms with van der Waals surface area (Å²) in [5, 5.41) is 1.28. The van der Waals surface area contributed by atoms with Crippen LogP contribution in [0.4, 0.5) is 0 Å². The molecule has 0 aliphatic rings. The summed E-state index contributed by atoms with van der Waals surface area (Å²) in [5.74, 6) is 0. The number of aryl methyl sites for hydroxylation is 2. The van der Waals surface area contributed by atoms with Gasteiger partial charge in [0.2, 0.25) is 0 Å². The molecule has 2 aromatic heterocycles. The van der Waals surface area contributed by atoms with E-state index >= 15 is 0 Å². The normalized spacial score (nSPS) is 10.9. The van der Waals surface area contributed by atoms with Gasteiger partial charge in [-0.15, -0.1) is 11.3 Å². The molecule has 0 aliphatic carbocycles. The number of pyridine rings is 1. The lowest BCUT2D eigenvalue weighted by molar-refractivity contribution is 0.831. The summed E-state index contributed by atoms with van der Waals surface area (Å²) in [6.45, 7) is 0. The summed E-state index contributed by atoms with van der Waals surface area (Å²) in [6.07, 6.45) is 5.38. The smallest absolute Gasteiger partial charge is 0.123 e. The summed E-state index contributed by atoms with van der Waals surface area (Å²) in [7, 11) is 0. The van der Waals surface area contributed by atoms with Gasteiger partial charge in [0.1, 0.15) is 4.83 Å². The summed E-state index contributed by atoms with van der Waals surface area (Å²) in [4.78, 5) is 6.99. The molecule has 0 radical (unpaired) electrons. The second-order valence-electron chi connectivity index (χ2n) is 4.45. The van der Waals surface area contributed by atoms with Crippen LogP contribution < -0.4 is 0 Å². The van der Waals surface area contributed by atoms with Gasteiger partial charge in [0.25, 0.3) is 0 Å². The van der Waals surface area contributed by atoms with Crippen molar-refractivity contribution in [1.29, 1.82) is 0 Å². The third-order valence-electron chi connectivity index (χ3n) is 3.08. The molecule has 1 nitrogen and oxygen atoms in total. The summed E-state index contributed by atoms with van der Waals surface area (Å²) in [6, 6.07) is 17.1. The topological polar surface area (TPSA) is 12.9 Å². The van der Waals surface area contributed by atoms with E-state index < -0.39 is 0 Å². The van der Waals surface area contributed by atoms with Gasteiger partial charge in [0.15, 0.2) is 0 Å². The lowest BCUT2D eigenvalue weighted by atomic mass is 10.1. The van der Waals surface area contributed by atoms with Crippen molar-refractivity contribution in [2.45, 2.75) is 19.3 Å². The maximum atomic E-state index is 4.39. The zero-order chi connectivity index (χ0) is 12.2. The number of benzene rings is 1. The zero-order valence-electron chi connectivity index (χ0n) is 10.2. The summed E-state index contributed by atoms with van der Waals surface area (Å²) < 4.78 is 0. The number of hydrogen-bond donors (Lipinski definition) is 0. The first-order chi connectivity index (χ1) is 8.92. The van der Waals surface area contributed by atoms with Gasteiger partial charge in [0.05, 0.1) is 0 Å². The molecule has 0 atom stereocenters. The van der Waals surface area contributed by atoms with Gasteiger partial charge < -0.3 is 0 Å². The van der Waals surface area contributed by atoms with E-state index in [0.29, 0.717) is 0 Å². The van der Waals surface area contributed by atoms with E-state index in [1.54, 1.807) is 0 Å². The van der Waals surface area contributed by atoms with Gasteiger partial charge in [-0.05, 0) is 37.0 Å². The first-order valence-corrected chi connectivity index (χ1v) is 7.11. The van der Waals surface area contributed by atoms with E-state index in [9.17, 15) is 0 Å². The number of thiophene rings is 1. The predicted octanol–water partition coefficient (Wildman–Crippen LogP) is 4.47. The molecule has 0 aliphatic heterocycles. The highest BCUT2D eigenvalue weighted by Crippen LogP contribution is 2.24. The number of nitrogens with zero attached hydrogens (tertiary/aromatic N) is 1. The highest BCUT2D eigenvalue weighted by molar-refractivity contribution is 7.18. The van der Waals surface area contributed by atoms with E-state index in [1.807, 2.05) is 23.6 Å². The molecule has 1 aromatic carbocycles. The van der Waals surface area contributed by atoms with Crippen LogP contribution in [0.1, 0.15) is 16.9 Å². The van der Waals surface area contributed by atoms with Crippen molar-refractivity contribution in [1.82, 2.24) is 4.98 Å². The second kappa shape index (κ2) is 5.32. The molecule has 0 saturated carbocycles. The number of rotatable bonds is 4. The minimum atomic E-state index is 1.15. The Kier molecular flexibility index (Phi) is 3.37. The molecule has 18 heavy (non-hydrogen) atoms. The molecule has 0 fully saturated rings. The maximum Gasteiger partial charge on any atom is 0.123 e. The van der Waals surface area contributed by atoms with Crippen molar-refractivity contribution in [3.63, 3.8) is 0 Å². The molecular weight excluding hydrogens is 238 g/mol. The third-order valence-corrected chi connectivity index (χ3v) is 4.19. The van der Waals surface area contributed by atoms with Crippen molar-refractivity contribution < 1.29 is 0 Å². The van der Waals surface area contributed by atoms with Crippen LogP contribution in [0.2, 0.25) is 0 Å². The maximum absolute atomic E-state index is 4.39. The van der Waals surface area contributed by atoms with Gasteiger partial charge >= 0.3 is 0 Å².